The summed E-state index contributed by atoms with van der Waals surface area (Å²) in [4.78, 5) is 42.3. The minimum absolute atomic E-state index is 0.0508. The quantitative estimate of drug-likeness (QED) is 0.448. The summed E-state index contributed by atoms with van der Waals surface area (Å²) < 4.78 is 5.88. The summed E-state index contributed by atoms with van der Waals surface area (Å²) in [5.74, 6) is -0.493. The van der Waals surface area contributed by atoms with Crippen LogP contribution in [0.15, 0.2) is 42.3 Å². The topological polar surface area (TPSA) is 141 Å². The van der Waals surface area contributed by atoms with Crippen molar-refractivity contribution in [1.29, 1.82) is 0 Å². The molecule has 9 heteroatoms. The average Bonchev–Trinajstić information content (AvgIpc) is 2.95. The molecule has 1 spiro atoms. The smallest absolute Gasteiger partial charge is 0.325 e. The number of nitrogens with one attached hydrogen (secondary N) is 1. The maximum Gasteiger partial charge on any atom is 0.325 e. The van der Waals surface area contributed by atoms with Crippen molar-refractivity contribution in [3.8, 4) is 5.88 Å². The van der Waals surface area contributed by atoms with E-state index in [1.54, 1.807) is 24.4 Å². The molecule has 1 unspecified atom stereocenters. The van der Waals surface area contributed by atoms with E-state index < -0.39 is 11.9 Å². The van der Waals surface area contributed by atoms with E-state index in [0.717, 1.165) is 31.3 Å². The van der Waals surface area contributed by atoms with Gasteiger partial charge in [0.05, 0.1) is 0 Å². The summed E-state index contributed by atoms with van der Waals surface area (Å²) >= 11 is 0. The van der Waals surface area contributed by atoms with Gasteiger partial charge < -0.3 is 21.5 Å². The van der Waals surface area contributed by atoms with Gasteiger partial charge >= 0.3 is 6.03 Å². The Bertz CT molecular complexity index is 958. The molecule has 1 aromatic rings. The van der Waals surface area contributed by atoms with Gasteiger partial charge in [0.25, 0.3) is 11.8 Å². The molecule has 0 radical (unpaired) electrons. The summed E-state index contributed by atoms with van der Waals surface area (Å²) in [6.07, 6.45) is 10.1. The molecule has 1 aromatic heterocycles. The van der Waals surface area contributed by atoms with Crippen molar-refractivity contribution in [3.05, 3.63) is 47.8 Å². The number of carbonyl (C=O) groups is 3. The van der Waals surface area contributed by atoms with E-state index in [1.165, 1.54) is 11.1 Å². The van der Waals surface area contributed by atoms with E-state index in [1.807, 2.05) is 13.0 Å². The molecule has 4 rings (SSSR count). The van der Waals surface area contributed by atoms with Crippen molar-refractivity contribution in [2.24, 2.45) is 16.9 Å². The molecule has 2 aliphatic carbocycles. The van der Waals surface area contributed by atoms with Crippen LogP contribution in [0.25, 0.3) is 0 Å². The molecule has 1 saturated heterocycles. The van der Waals surface area contributed by atoms with Gasteiger partial charge in [0.2, 0.25) is 5.88 Å². The Morgan fingerprint density at radius 2 is 2.10 bits per heavy atom. The molecule has 5 N–H and O–H groups in total. The van der Waals surface area contributed by atoms with Gasteiger partial charge in [-0.25, -0.2) is 9.78 Å². The first-order chi connectivity index (χ1) is 14.9. The molecule has 4 amide bonds. The van der Waals surface area contributed by atoms with E-state index in [9.17, 15) is 14.4 Å². The molecule has 9 nitrogen and oxygen atoms in total. The van der Waals surface area contributed by atoms with E-state index in [0.29, 0.717) is 6.42 Å². The molecule has 0 aromatic carbocycles. The van der Waals surface area contributed by atoms with Crippen LogP contribution in [-0.4, -0.2) is 45.9 Å². The van der Waals surface area contributed by atoms with Crippen LogP contribution < -0.4 is 21.5 Å². The standard InChI is InChI=1S/C22H27N5O4/c1-2-13(5-6-23)8-17-20(29)27(21(30)26-17)14-9-22(10-14)11-15(12-22)31-19-16(18(24)28)4-3-7-25-19/h2-7,14-15,17H,8-12,23H2,1H3,(H2,24,28)(H,26,30)/b6-5-,13-2+/t14-,15-,17?,22?. The Kier molecular flexibility index (Phi) is 5.43. The van der Waals surface area contributed by atoms with Gasteiger partial charge in [0, 0.05) is 18.7 Å². The van der Waals surface area contributed by atoms with E-state index in [-0.39, 0.29) is 40.9 Å². The first kappa shape index (κ1) is 20.9. The number of pyridine rings is 1. The van der Waals surface area contributed by atoms with Gasteiger partial charge in [-0.3, -0.25) is 14.5 Å². The van der Waals surface area contributed by atoms with Crippen molar-refractivity contribution < 1.29 is 19.1 Å². The van der Waals surface area contributed by atoms with Crippen LogP contribution >= 0.6 is 0 Å². The Labute approximate surface area is 180 Å². The molecule has 3 aliphatic rings. The molecule has 1 aliphatic heterocycles. The number of carbonyl (C=O) groups excluding carboxylic acids is 3. The van der Waals surface area contributed by atoms with Crippen LogP contribution in [0.1, 0.15) is 49.4 Å². The summed E-state index contributed by atoms with van der Waals surface area (Å²) in [6, 6.07) is 2.26. The number of allylic oxidation sites excluding steroid dienone is 2. The van der Waals surface area contributed by atoms with Crippen molar-refractivity contribution in [3.63, 3.8) is 0 Å². The molecule has 0 bridgehead atoms. The normalized spacial score (nSPS) is 30.3. The zero-order chi connectivity index (χ0) is 22.2. The van der Waals surface area contributed by atoms with Gasteiger partial charge in [-0.15, -0.1) is 0 Å². The number of amides is 4. The van der Waals surface area contributed by atoms with Crippen molar-refractivity contribution >= 4 is 17.8 Å². The lowest BCUT2D eigenvalue weighted by Gasteiger charge is -2.58. The highest BCUT2D eigenvalue weighted by Gasteiger charge is 2.58. The minimum Gasteiger partial charge on any atom is -0.474 e. The number of nitrogens with two attached hydrogens (primary N) is 2. The SMILES string of the molecule is C/C=C(\C=C/N)CC1NC(=O)N([C@H]2CC3(C[C@H](Oc4ncccc4C(N)=O)C3)C2)C1=O. The third-order valence-corrected chi connectivity index (χ3v) is 6.51. The fourth-order valence-corrected chi connectivity index (χ4v) is 4.95. The van der Waals surface area contributed by atoms with Crippen molar-refractivity contribution in [2.75, 3.05) is 0 Å². The summed E-state index contributed by atoms with van der Waals surface area (Å²) in [5, 5.41) is 2.79. The Balaban J connectivity index is 1.31. The largest absolute Gasteiger partial charge is 0.474 e. The number of hydrogen-bond donors (Lipinski definition) is 3. The highest BCUT2D eigenvalue weighted by atomic mass is 16.5. The van der Waals surface area contributed by atoms with Gasteiger partial charge in [-0.1, -0.05) is 6.08 Å². The lowest BCUT2D eigenvalue weighted by molar-refractivity contribution is -0.140. The Morgan fingerprint density at radius 1 is 1.35 bits per heavy atom. The number of urea groups is 1. The zero-order valence-corrected chi connectivity index (χ0v) is 17.4. The number of primary amides is 1. The third kappa shape index (κ3) is 3.87. The second kappa shape index (κ2) is 8.05. The van der Waals surface area contributed by atoms with E-state index >= 15 is 0 Å². The molecule has 1 atom stereocenters. The number of rotatable bonds is 7. The number of imide groups is 1. The predicted octanol–water partition coefficient (Wildman–Crippen LogP) is 1.60. The highest BCUT2D eigenvalue weighted by Crippen LogP contribution is 2.58. The summed E-state index contributed by atoms with van der Waals surface area (Å²) in [5.41, 5.74) is 12.1. The summed E-state index contributed by atoms with van der Waals surface area (Å²) in [7, 11) is 0. The third-order valence-electron chi connectivity index (χ3n) is 6.51. The lowest BCUT2D eigenvalue weighted by atomic mass is 9.52. The van der Waals surface area contributed by atoms with Gasteiger partial charge in [0.15, 0.2) is 0 Å². The lowest BCUT2D eigenvalue weighted by Crippen LogP contribution is -2.60. The monoisotopic (exact) mass is 425 g/mol. The zero-order valence-electron chi connectivity index (χ0n) is 17.4. The maximum absolute atomic E-state index is 12.8. The number of ether oxygens (including phenoxy) is 1. The van der Waals surface area contributed by atoms with Crippen molar-refractivity contribution in [1.82, 2.24) is 15.2 Å². The second-order valence-corrected chi connectivity index (χ2v) is 8.57. The highest BCUT2D eigenvalue weighted by molar-refractivity contribution is 6.04. The van der Waals surface area contributed by atoms with Gasteiger partial charge in [-0.2, -0.15) is 0 Å². The Morgan fingerprint density at radius 3 is 2.74 bits per heavy atom. The van der Waals surface area contributed by atoms with Crippen LogP contribution in [0, 0.1) is 5.41 Å². The molecule has 31 heavy (non-hydrogen) atoms. The molecule has 164 valence electrons. The van der Waals surface area contributed by atoms with Crippen molar-refractivity contribution in [2.45, 2.75) is 57.2 Å². The number of aromatic nitrogens is 1. The number of hydrogen-bond acceptors (Lipinski definition) is 6. The molecule has 2 heterocycles. The van der Waals surface area contributed by atoms with E-state index in [2.05, 4.69) is 10.3 Å². The molecule has 3 fully saturated rings. The molecule has 2 saturated carbocycles. The van der Waals surface area contributed by atoms with E-state index in [4.69, 9.17) is 16.2 Å². The fourth-order valence-electron chi connectivity index (χ4n) is 4.95. The second-order valence-electron chi connectivity index (χ2n) is 8.57. The average molecular weight is 425 g/mol. The van der Waals surface area contributed by atoms with Crippen LogP contribution in [0.4, 0.5) is 4.79 Å². The first-order valence-corrected chi connectivity index (χ1v) is 10.4. The van der Waals surface area contributed by atoms with Gasteiger partial charge in [0.1, 0.15) is 17.7 Å². The van der Waals surface area contributed by atoms with Crippen LogP contribution in [0.3, 0.4) is 0 Å². The van der Waals surface area contributed by atoms with Crippen LogP contribution in [-0.2, 0) is 4.79 Å². The maximum atomic E-state index is 12.8. The van der Waals surface area contributed by atoms with Crippen LogP contribution in [0.2, 0.25) is 0 Å². The van der Waals surface area contributed by atoms with Crippen LogP contribution in [0.5, 0.6) is 5.88 Å². The first-order valence-electron chi connectivity index (χ1n) is 10.4. The molecular formula is C22H27N5O4. The molecular weight excluding hydrogens is 398 g/mol. The minimum atomic E-state index is -0.572. The fraction of sp³-hybridized carbons (Fsp3) is 0.455. The predicted molar refractivity (Wildman–Crippen MR) is 113 cm³/mol. The Hall–Kier alpha value is -3.36. The van der Waals surface area contributed by atoms with Gasteiger partial charge in [-0.05, 0) is 68.0 Å². The summed E-state index contributed by atoms with van der Waals surface area (Å²) in [6.45, 7) is 1.87. The number of nitrogens with zero attached hydrogens (tertiary/aromatic N) is 2.